The standard InChI is InChI=1S/C19H31N5O4/c1-2-3-4-5-6-7-8-9-20-19-22-17-16(18(27)23-19)21-12-24(17)15-10-13(26)14(11-25)28-15/h12-15,25-26H,2-11H2,1H3,(H2,20,22,23,27)/t13-,14+,15+/m0/s1. The van der Waals surface area contributed by atoms with Crippen LogP contribution in [0.4, 0.5) is 5.95 Å². The summed E-state index contributed by atoms with van der Waals surface area (Å²) in [5.74, 6) is 0.405. The fourth-order valence-corrected chi connectivity index (χ4v) is 3.56. The molecule has 4 N–H and O–H groups in total. The highest BCUT2D eigenvalue weighted by molar-refractivity contribution is 5.70. The Balaban J connectivity index is 1.60. The van der Waals surface area contributed by atoms with E-state index in [-0.39, 0.29) is 17.7 Å². The molecule has 2 aromatic rings. The Labute approximate surface area is 164 Å². The maximum absolute atomic E-state index is 12.3. The molecule has 1 saturated heterocycles. The number of fused-ring (bicyclic) bond motifs is 1. The smallest absolute Gasteiger partial charge is 0.280 e. The predicted octanol–water partition coefficient (Wildman–Crippen LogP) is 1.92. The lowest BCUT2D eigenvalue weighted by molar-refractivity contribution is -0.0432. The van der Waals surface area contributed by atoms with Gasteiger partial charge in [-0.3, -0.25) is 14.3 Å². The molecule has 3 heterocycles. The average Bonchev–Trinajstić information content (AvgIpc) is 3.27. The molecule has 0 spiro atoms. The summed E-state index contributed by atoms with van der Waals surface area (Å²) in [4.78, 5) is 23.6. The number of rotatable bonds is 11. The first-order valence-corrected chi connectivity index (χ1v) is 10.3. The van der Waals surface area contributed by atoms with Crippen LogP contribution in [0, 0.1) is 0 Å². The van der Waals surface area contributed by atoms with Crippen LogP contribution in [-0.4, -0.2) is 55.1 Å². The lowest BCUT2D eigenvalue weighted by atomic mass is 10.1. The number of aliphatic hydroxyl groups is 2. The molecule has 0 unspecified atom stereocenters. The van der Waals surface area contributed by atoms with Crippen LogP contribution < -0.4 is 10.9 Å². The maximum atomic E-state index is 12.3. The van der Waals surface area contributed by atoms with Crippen molar-refractivity contribution in [2.45, 2.75) is 76.7 Å². The van der Waals surface area contributed by atoms with Gasteiger partial charge < -0.3 is 20.3 Å². The van der Waals surface area contributed by atoms with Crippen molar-refractivity contribution in [2.24, 2.45) is 0 Å². The van der Waals surface area contributed by atoms with Crippen molar-refractivity contribution in [2.75, 3.05) is 18.5 Å². The van der Waals surface area contributed by atoms with Gasteiger partial charge in [0, 0.05) is 13.0 Å². The third kappa shape index (κ3) is 4.89. The molecule has 156 valence electrons. The number of hydrogen-bond acceptors (Lipinski definition) is 7. The monoisotopic (exact) mass is 393 g/mol. The largest absolute Gasteiger partial charge is 0.394 e. The third-order valence-electron chi connectivity index (χ3n) is 5.20. The molecular formula is C19H31N5O4. The van der Waals surface area contributed by atoms with Gasteiger partial charge in [0.1, 0.15) is 12.3 Å². The average molecular weight is 393 g/mol. The summed E-state index contributed by atoms with van der Waals surface area (Å²) in [5.41, 5.74) is 0.316. The van der Waals surface area contributed by atoms with Crippen molar-refractivity contribution in [3.05, 3.63) is 16.7 Å². The van der Waals surface area contributed by atoms with Crippen molar-refractivity contribution in [1.82, 2.24) is 19.5 Å². The molecule has 2 aromatic heterocycles. The van der Waals surface area contributed by atoms with E-state index in [1.165, 1.54) is 38.4 Å². The third-order valence-corrected chi connectivity index (χ3v) is 5.20. The summed E-state index contributed by atoms with van der Waals surface area (Å²) in [6.07, 6.45) is 8.42. The van der Waals surface area contributed by atoms with E-state index in [1.807, 2.05) is 0 Å². The predicted molar refractivity (Wildman–Crippen MR) is 106 cm³/mol. The van der Waals surface area contributed by atoms with Gasteiger partial charge in [-0.25, -0.2) is 4.98 Å². The Morgan fingerprint density at radius 2 is 2.04 bits per heavy atom. The minimum Gasteiger partial charge on any atom is -0.394 e. The van der Waals surface area contributed by atoms with Crippen molar-refractivity contribution in [1.29, 1.82) is 0 Å². The molecular weight excluding hydrogens is 362 g/mol. The Hall–Kier alpha value is -1.97. The molecule has 3 atom stereocenters. The number of hydrogen-bond donors (Lipinski definition) is 4. The molecule has 1 fully saturated rings. The van der Waals surface area contributed by atoms with E-state index in [4.69, 9.17) is 4.74 Å². The van der Waals surface area contributed by atoms with Gasteiger partial charge in [0.15, 0.2) is 11.2 Å². The Bertz CT molecular complexity index is 805. The molecule has 0 bridgehead atoms. The van der Waals surface area contributed by atoms with E-state index < -0.39 is 18.4 Å². The summed E-state index contributed by atoms with van der Waals surface area (Å²) in [6.45, 7) is 2.69. The molecule has 9 heteroatoms. The van der Waals surface area contributed by atoms with Crippen LogP contribution in [0.3, 0.4) is 0 Å². The molecule has 0 aliphatic carbocycles. The quantitative estimate of drug-likeness (QED) is 0.430. The number of H-pyrrole nitrogens is 1. The number of unbranched alkanes of at least 4 members (excludes halogenated alkanes) is 6. The second-order valence-corrected chi connectivity index (χ2v) is 7.40. The molecule has 1 aliphatic heterocycles. The van der Waals surface area contributed by atoms with Gasteiger partial charge in [-0.15, -0.1) is 0 Å². The lowest BCUT2D eigenvalue weighted by Gasteiger charge is -2.14. The Kier molecular flexibility index (Phi) is 7.41. The maximum Gasteiger partial charge on any atom is 0.280 e. The number of ether oxygens (including phenoxy) is 1. The second-order valence-electron chi connectivity index (χ2n) is 7.40. The molecule has 0 radical (unpaired) electrons. The van der Waals surface area contributed by atoms with Crippen LogP contribution in [0.15, 0.2) is 11.1 Å². The van der Waals surface area contributed by atoms with E-state index >= 15 is 0 Å². The normalized spacial score (nSPS) is 22.2. The summed E-state index contributed by atoms with van der Waals surface area (Å²) in [5, 5.41) is 22.4. The summed E-state index contributed by atoms with van der Waals surface area (Å²) in [6, 6.07) is 0. The molecule has 9 nitrogen and oxygen atoms in total. The van der Waals surface area contributed by atoms with Crippen molar-refractivity contribution < 1.29 is 14.9 Å². The van der Waals surface area contributed by atoms with Crippen LogP contribution in [0.5, 0.6) is 0 Å². The number of aromatic amines is 1. The number of nitrogens with zero attached hydrogens (tertiary/aromatic N) is 3. The fourth-order valence-electron chi connectivity index (χ4n) is 3.56. The summed E-state index contributed by atoms with van der Waals surface area (Å²) in [7, 11) is 0. The Morgan fingerprint density at radius 1 is 1.29 bits per heavy atom. The first-order chi connectivity index (χ1) is 13.6. The highest BCUT2D eigenvalue weighted by atomic mass is 16.5. The van der Waals surface area contributed by atoms with Crippen molar-refractivity contribution in [3.8, 4) is 0 Å². The van der Waals surface area contributed by atoms with Crippen LogP contribution in [0.2, 0.25) is 0 Å². The zero-order valence-electron chi connectivity index (χ0n) is 16.4. The molecule has 3 rings (SSSR count). The summed E-state index contributed by atoms with van der Waals surface area (Å²) >= 11 is 0. The molecule has 28 heavy (non-hydrogen) atoms. The first kappa shape index (κ1) is 20.8. The topological polar surface area (TPSA) is 125 Å². The highest BCUT2D eigenvalue weighted by Crippen LogP contribution is 2.30. The number of aromatic nitrogens is 4. The van der Waals surface area contributed by atoms with Crippen LogP contribution >= 0.6 is 0 Å². The molecule has 0 amide bonds. The molecule has 0 aromatic carbocycles. The van der Waals surface area contributed by atoms with E-state index in [2.05, 4.69) is 27.2 Å². The zero-order valence-corrected chi connectivity index (χ0v) is 16.4. The molecule has 1 aliphatic rings. The van der Waals surface area contributed by atoms with Crippen LogP contribution in [0.1, 0.15) is 64.5 Å². The minimum atomic E-state index is -0.760. The van der Waals surface area contributed by atoms with E-state index in [1.54, 1.807) is 4.57 Å². The van der Waals surface area contributed by atoms with Gasteiger partial charge in [-0.2, -0.15) is 4.98 Å². The minimum absolute atomic E-state index is 0.229. The highest BCUT2D eigenvalue weighted by Gasteiger charge is 2.35. The van der Waals surface area contributed by atoms with E-state index in [9.17, 15) is 15.0 Å². The number of anilines is 1. The van der Waals surface area contributed by atoms with Crippen LogP contribution in [0.25, 0.3) is 11.2 Å². The SMILES string of the molecule is CCCCCCCCCNc1nc2c(ncn2[C@H]2C[C@H](O)[C@@H](CO)O2)c(=O)[nH]1. The number of imidazole rings is 1. The number of nitrogens with one attached hydrogen (secondary N) is 2. The summed E-state index contributed by atoms with van der Waals surface area (Å²) < 4.78 is 7.30. The zero-order chi connectivity index (χ0) is 19.9. The molecule has 0 saturated carbocycles. The number of aliphatic hydroxyl groups excluding tert-OH is 2. The first-order valence-electron chi connectivity index (χ1n) is 10.3. The van der Waals surface area contributed by atoms with Gasteiger partial charge in [0.25, 0.3) is 5.56 Å². The van der Waals surface area contributed by atoms with Gasteiger partial charge in [-0.05, 0) is 6.42 Å². The lowest BCUT2D eigenvalue weighted by Crippen LogP contribution is -2.24. The Morgan fingerprint density at radius 3 is 2.75 bits per heavy atom. The second kappa shape index (κ2) is 9.99. The van der Waals surface area contributed by atoms with Crippen LogP contribution in [-0.2, 0) is 4.74 Å². The fraction of sp³-hybridized carbons (Fsp3) is 0.737. The van der Waals surface area contributed by atoms with Crippen molar-refractivity contribution in [3.63, 3.8) is 0 Å². The van der Waals surface area contributed by atoms with Gasteiger partial charge in [0.2, 0.25) is 5.95 Å². The van der Waals surface area contributed by atoms with Gasteiger partial charge >= 0.3 is 0 Å². The van der Waals surface area contributed by atoms with E-state index in [0.717, 1.165) is 19.4 Å². The van der Waals surface area contributed by atoms with E-state index in [0.29, 0.717) is 18.0 Å². The van der Waals surface area contributed by atoms with Gasteiger partial charge in [-0.1, -0.05) is 45.4 Å². The van der Waals surface area contributed by atoms with Crippen molar-refractivity contribution >= 4 is 17.1 Å². The van der Waals surface area contributed by atoms with Gasteiger partial charge in [0.05, 0.1) is 19.0 Å².